The summed E-state index contributed by atoms with van der Waals surface area (Å²) in [7, 11) is 0. The topological polar surface area (TPSA) is 3.24 Å². The van der Waals surface area contributed by atoms with Gasteiger partial charge in [-0.2, -0.15) is 0 Å². The van der Waals surface area contributed by atoms with Gasteiger partial charge in [-0.05, 0) is 54.1 Å². The molecular weight excluding hydrogens is 302 g/mol. The minimum Gasteiger partial charge on any atom is -0.291 e. The summed E-state index contributed by atoms with van der Waals surface area (Å²) in [4.78, 5) is 2.80. The number of fused-ring (bicyclic) bond motifs is 2. The van der Waals surface area contributed by atoms with Crippen LogP contribution in [0.2, 0.25) is 0 Å². The molecule has 0 heterocycles. The highest BCUT2D eigenvalue weighted by molar-refractivity contribution is 5.18. The monoisotopic (exact) mass is 333 g/mol. The predicted octanol–water partition coefficient (Wildman–Crippen LogP) is 5.76. The Kier molecular flexibility index (Phi) is 4.94. The van der Waals surface area contributed by atoms with E-state index < -0.39 is 0 Å². The van der Waals surface area contributed by atoms with Crippen molar-refractivity contribution in [1.29, 1.82) is 0 Å². The quantitative estimate of drug-likeness (QED) is 0.649. The Bertz CT molecular complexity index is 622. The lowest BCUT2D eigenvalue weighted by Crippen LogP contribution is -2.45. The van der Waals surface area contributed by atoms with E-state index in [1.54, 1.807) is 0 Å². The highest BCUT2D eigenvalue weighted by atomic mass is 15.2. The zero-order chi connectivity index (χ0) is 17.2. The Morgan fingerprint density at radius 1 is 0.800 bits per heavy atom. The summed E-state index contributed by atoms with van der Waals surface area (Å²) in [5, 5.41) is 0. The van der Waals surface area contributed by atoms with Crippen molar-refractivity contribution < 1.29 is 0 Å². The van der Waals surface area contributed by atoms with Crippen molar-refractivity contribution in [3.05, 3.63) is 71.8 Å². The van der Waals surface area contributed by atoms with Crippen molar-refractivity contribution in [1.82, 2.24) is 4.90 Å². The van der Waals surface area contributed by atoms with Crippen LogP contribution in [0.15, 0.2) is 60.7 Å². The van der Waals surface area contributed by atoms with Crippen LogP contribution < -0.4 is 0 Å². The third-order valence-electron chi connectivity index (χ3n) is 6.58. The van der Waals surface area contributed by atoms with Crippen LogP contribution in [0.1, 0.15) is 44.2 Å². The molecule has 4 rings (SSSR count). The number of rotatable bonds is 6. The first-order valence-corrected chi connectivity index (χ1v) is 10.0. The van der Waals surface area contributed by atoms with Gasteiger partial charge in [-0.15, -0.1) is 0 Å². The SMILES string of the molecule is CC(C)[C@@H]1[C@H]2CC[C@H](C2)[C@H]1N(Cc1ccccc1)Cc1ccccc1. The van der Waals surface area contributed by atoms with E-state index in [0.29, 0.717) is 0 Å². The molecule has 2 bridgehead atoms. The van der Waals surface area contributed by atoms with Gasteiger partial charge >= 0.3 is 0 Å². The van der Waals surface area contributed by atoms with Gasteiger partial charge in [0.25, 0.3) is 0 Å². The van der Waals surface area contributed by atoms with Crippen LogP contribution >= 0.6 is 0 Å². The second-order valence-electron chi connectivity index (χ2n) is 8.52. The predicted molar refractivity (Wildman–Crippen MR) is 105 cm³/mol. The zero-order valence-electron chi connectivity index (χ0n) is 15.6. The average molecular weight is 334 g/mol. The molecule has 25 heavy (non-hydrogen) atoms. The van der Waals surface area contributed by atoms with Gasteiger partial charge in [0.15, 0.2) is 0 Å². The highest BCUT2D eigenvalue weighted by Crippen LogP contribution is 2.53. The number of hydrogen-bond donors (Lipinski definition) is 0. The molecule has 2 fully saturated rings. The van der Waals surface area contributed by atoms with Gasteiger partial charge in [0.1, 0.15) is 0 Å². The molecule has 2 aromatic rings. The first-order chi connectivity index (χ1) is 12.2. The molecule has 2 aliphatic carbocycles. The van der Waals surface area contributed by atoms with E-state index in [4.69, 9.17) is 0 Å². The van der Waals surface area contributed by atoms with Gasteiger partial charge in [0, 0.05) is 19.1 Å². The summed E-state index contributed by atoms with van der Waals surface area (Å²) in [6.07, 6.45) is 4.38. The Balaban J connectivity index is 1.62. The van der Waals surface area contributed by atoms with Crippen molar-refractivity contribution in [3.63, 3.8) is 0 Å². The minimum atomic E-state index is 0.749. The van der Waals surface area contributed by atoms with Crippen LogP contribution in [0, 0.1) is 23.7 Å². The molecule has 2 saturated carbocycles. The molecule has 0 amide bonds. The number of benzene rings is 2. The maximum Gasteiger partial charge on any atom is 0.0240 e. The maximum atomic E-state index is 2.80. The molecule has 2 aliphatic rings. The standard InChI is InChI=1S/C24H31N/c1-18(2)23-21-13-14-22(15-21)24(23)25(16-19-9-5-3-6-10-19)17-20-11-7-4-8-12-20/h3-12,18,21-24H,13-17H2,1-2H3/t21-,22+,23+,24+/m0/s1. The summed E-state index contributed by atoms with van der Waals surface area (Å²) < 4.78 is 0. The van der Waals surface area contributed by atoms with Crippen molar-refractivity contribution in [2.24, 2.45) is 23.7 Å². The van der Waals surface area contributed by atoms with Crippen LogP contribution in [-0.2, 0) is 13.1 Å². The molecule has 0 N–H and O–H groups in total. The highest BCUT2D eigenvalue weighted by Gasteiger charge is 2.50. The molecule has 0 radical (unpaired) electrons. The fraction of sp³-hybridized carbons (Fsp3) is 0.500. The Morgan fingerprint density at radius 2 is 1.32 bits per heavy atom. The molecule has 0 aliphatic heterocycles. The van der Waals surface area contributed by atoms with Crippen LogP contribution in [0.4, 0.5) is 0 Å². The Hall–Kier alpha value is -1.60. The normalized spacial score (nSPS) is 28.2. The molecule has 0 unspecified atom stereocenters. The van der Waals surface area contributed by atoms with Crippen LogP contribution in [-0.4, -0.2) is 10.9 Å². The van der Waals surface area contributed by atoms with E-state index in [1.165, 1.54) is 30.4 Å². The van der Waals surface area contributed by atoms with Gasteiger partial charge in [-0.25, -0.2) is 0 Å². The van der Waals surface area contributed by atoms with Gasteiger partial charge in [-0.1, -0.05) is 74.5 Å². The second kappa shape index (κ2) is 7.33. The summed E-state index contributed by atoms with van der Waals surface area (Å²) in [6.45, 7) is 7.04. The zero-order valence-corrected chi connectivity index (χ0v) is 15.6. The molecule has 0 saturated heterocycles. The maximum absolute atomic E-state index is 2.80. The van der Waals surface area contributed by atoms with Crippen LogP contribution in [0.3, 0.4) is 0 Å². The van der Waals surface area contributed by atoms with Crippen molar-refractivity contribution >= 4 is 0 Å². The van der Waals surface area contributed by atoms with E-state index in [0.717, 1.165) is 42.8 Å². The molecule has 132 valence electrons. The van der Waals surface area contributed by atoms with Gasteiger partial charge < -0.3 is 0 Å². The Morgan fingerprint density at radius 3 is 1.84 bits per heavy atom. The van der Waals surface area contributed by atoms with E-state index >= 15 is 0 Å². The second-order valence-corrected chi connectivity index (χ2v) is 8.52. The van der Waals surface area contributed by atoms with Gasteiger partial charge in [0.05, 0.1) is 0 Å². The fourth-order valence-corrected chi connectivity index (χ4v) is 5.69. The first kappa shape index (κ1) is 16.8. The summed E-state index contributed by atoms with van der Waals surface area (Å²) in [6, 6.07) is 22.9. The fourth-order valence-electron chi connectivity index (χ4n) is 5.69. The lowest BCUT2D eigenvalue weighted by atomic mass is 9.76. The van der Waals surface area contributed by atoms with E-state index in [-0.39, 0.29) is 0 Å². The van der Waals surface area contributed by atoms with E-state index in [9.17, 15) is 0 Å². The van der Waals surface area contributed by atoms with Crippen molar-refractivity contribution in [3.8, 4) is 0 Å². The molecular formula is C24H31N. The number of hydrogen-bond acceptors (Lipinski definition) is 1. The molecule has 0 aromatic heterocycles. The van der Waals surface area contributed by atoms with E-state index in [1.807, 2.05) is 0 Å². The lowest BCUT2D eigenvalue weighted by Gasteiger charge is -2.42. The molecule has 2 aromatic carbocycles. The van der Waals surface area contributed by atoms with E-state index in [2.05, 4.69) is 79.4 Å². The van der Waals surface area contributed by atoms with Crippen LogP contribution in [0.25, 0.3) is 0 Å². The number of nitrogens with zero attached hydrogens (tertiary/aromatic N) is 1. The van der Waals surface area contributed by atoms with Crippen molar-refractivity contribution in [2.45, 2.75) is 52.2 Å². The lowest BCUT2D eigenvalue weighted by molar-refractivity contribution is 0.0576. The first-order valence-electron chi connectivity index (χ1n) is 10.0. The van der Waals surface area contributed by atoms with Gasteiger partial charge in [-0.3, -0.25) is 4.90 Å². The molecule has 1 heteroatoms. The van der Waals surface area contributed by atoms with Gasteiger partial charge in [0.2, 0.25) is 0 Å². The summed E-state index contributed by atoms with van der Waals surface area (Å²) >= 11 is 0. The molecule has 4 atom stereocenters. The average Bonchev–Trinajstić information content (AvgIpc) is 3.24. The summed E-state index contributed by atoms with van der Waals surface area (Å²) in [5.74, 6) is 3.52. The summed E-state index contributed by atoms with van der Waals surface area (Å²) in [5.41, 5.74) is 2.90. The van der Waals surface area contributed by atoms with Crippen LogP contribution in [0.5, 0.6) is 0 Å². The third-order valence-corrected chi connectivity index (χ3v) is 6.58. The minimum absolute atomic E-state index is 0.749. The third kappa shape index (κ3) is 3.53. The van der Waals surface area contributed by atoms with Crippen molar-refractivity contribution in [2.75, 3.05) is 0 Å². The largest absolute Gasteiger partial charge is 0.291 e. The smallest absolute Gasteiger partial charge is 0.0240 e. The molecule has 0 spiro atoms. The Labute approximate surface area is 153 Å². The molecule has 1 nitrogen and oxygen atoms in total.